The average Bonchev–Trinajstić information content (AvgIpc) is 2.70. The molecule has 1 amide bonds. The molecule has 3 aromatic rings. The third-order valence-corrected chi connectivity index (χ3v) is 5.13. The highest BCUT2D eigenvalue weighted by molar-refractivity contribution is 7.99. The van der Waals surface area contributed by atoms with Crippen molar-refractivity contribution in [1.82, 2.24) is 9.97 Å². The molecule has 0 aliphatic carbocycles. The summed E-state index contributed by atoms with van der Waals surface area (Å²) >= 11 is 1.24. The van der Waals surface area contributed by atoms with E-state index in [0.717, 1.165) is 11.3 Å². The van der Waals surface area contributed by atoms with Gasteiger partial charge in [0.05, 0.1) is 5.75 Å². The quantitative estimate of drug-likeness (QED) is 0.526. The van der Waals surface area contributed by atoms with Crippen molar-refractivity contribution >= 4 is 23.4 Å². The lowest BCUT2D eigenvalue weighted by Crippen LogP contribution is -2.28. The summed E-state index contributed by atoms with van der Waals surface area (Å²) in [5, 5.41) is 0.462. The number of carbonyl (C=O) groups excluding carboxylic acids is 1. The molecule has 0 aliphatic heterocycles. The number of anilines is 1. The van der Waals surface area contributed by atoms with Crippen molar-refractivity contribution in [3.63, 3.8) is 0 Å². The number of thioether (sulfide) groups is 1. The summed E-state index contributed by atoms with van der Waals surface area (Å²) in [7, 11) is 1.74. The summed E-state index contributed by atoms with van der Waals surface area (Å²) in [5.41, 5.74) is 3.08. The van der Waals surface area contributed by atoms with Crippen LogP contribution in [-0.2, 0) is 11.2 Å². The number of nitrogens with zero attached hydrogens (tertiary/aromatic N) is 2. The Bertz CT molecular complexity index is 972. The number of aromatic nitrogens is 2. The lowest BCUT2D eigenvalue weighted by molar-refractivity contribution is -0.115. The smallest absolute Gasteiger partial charge is 0.255 e. The van der Waals surface area contributed by atoms with Gasteiger partial charge in [0, 0.05) is 30.4 Å². The minimum Gasteiger partial charge on any atom is -0.315 e. The van der Waals surface area contributed by atoms with Crippen molar-refractivity contribution in [1.29, 1.82) is 0 Å². The first-order valence-corrected chi connectivity index (χ1v) is 9.61. The van der Waals surface area contributed by atoms with Crippen LogP contribution in [0.5, 0.6) is 0 Å². The first-order valence-electron chi connectivity index (χ1n) is 8.62. The number of rotatable bonds is 6. The van der Waals surface area contributed by atoms with Crippen molar-refractivity contribution in [2.24, 2.45) is 0 Å². The standard InChI is InChI=1S/C21H21N3O2S/c1-15-18(13-16-9-5-3-6-10-16)20(26)23-21(22-15)27-14-19(25)24(2)17-11-7-4-8-12-17/h3-12H,13-14H2,1-2H3,(H,22,23,26). The Labute approximate surface area is 162 Å². The highest BCUT2D eigenvalue weighted by atomic mass is 32.2. The summed E-state index contributed by atoms with van der Waals surface area (Å²) in [6.07, 6.45) is 0.537. The van der Waals surface area contributed by atoms with E-state index in [4.69, 9.17) is 0 Å². The molecule has 27 heavy (non-hydrogen) atoms. The van der Waals surface area contributed by atoms with E-state index in [1.807, 2.05) is 67.6 Å². The van der Waals surface area contributed by atoms with Crippen molar-refractivity contribution in [2.45, 2.75) is 18.5 Å². The summed E-state index contributed by atoms with van der Waals surface area (Å²) in [6, 6.07) is 19.3. The molecule has 0 unspecified atom stereocenters. The van der Waals surface area contributed by atoms with Gasteiger partial charge in [0.1, 0.15) is 0 Å². The Morgan fingerprint density at radius 2 is 1.70 bits per heavy atom. The number of aromatic amines is 1. The maximum absolute atomic E-state index is 12.5. The Kier molecular flexibility index (Phi) is 6.08. The van der Waals surface area contributed by atoms with Crippen LogP contribution >= 0.6 is 11.8 Å². The molecule has 0 aliphatic rings. The molecule has 1 heterocycles. The second-order valence-corrected chi connectivity index (χ2v) is 7.14. The van der Waals surface area contributed by atoms with Gasteiger partial charge < -0.3 is 9.88 Å². The molecule has 0 radical (unpaired) electrons. The molecular formula is C21H21N3O2S. The highest BCUT2D eigenvalue weighted by Crippen LogP contribution is 2.17. The summed E-state index contributed by atoms with van der Waals surface area (Å²) in [6.45, 7) is 1.83. The average molecular weight is 379 g/mol. The fourth-order valence-electron chi connectivity index (χ4n) is 2.68. The van der Waals surface area contributed by atoms with Gasteiger partial charge in [-0.3, -0.25) is 9.59 Å². The number of hydrogen-bond acceptors (Lipinski definition) is 4. The van der Waals surface area contributed by atoms with E-state index in [0.29, 0.717) is 22.8 Å². The predicted octanol–water partition coefficient (Wildman–Crippen LogP) is 3.42. The molecule has 5 nitrogen and oxygen atoms in total. The first-order chi connectivity index (χ1) is 13.0. The van der Waals surface area contributed by atoms with Crippen LogP contribution in [0.2, 0.25) is 0 Å². The van der Waals surface area contributed by atoms with Gasteiger partial charge in [0.2, 0.25) is 5.91 Å². The zero-order valence-electron chi connectivity index (χ0n) is 15.3. The molecule has 0 saturated heterocycles. The zero-order chi connectivity index (χ0) is 19.2. The van der Waals surface area contributed by atoms with Gasteiger partial charge in [-0.1, -0.05) is 60.3 Å². The molecule has 138 valence electrons. The zero-order valence-corrected chi connectivity index (χ0v) is 16.1. The van der Waals surface area contributed by atoms with Crippen molar-refractivity contribution in [3.05, 3.63) is 87.8 Å². The summed E-state index contributed by atoms with van der Waals surface area (Å²) in [4.78, 5) is 33.7. The molecule has 1 N–H and O–H groups in total. The molecule has 1 aromatic heterocycles. The van der Waals surface area contributed by atoms with E-state index in [1.54, 1.807) is 11.9 Å². The van der Waals surface area contributed by atoms with Crippen molar-refractivity contribution < 1.29 is 4.79 Å². The van der Waals surface area contributed by atoms with E-state index in [-0.39, 0.29) is 17.2 Å². The third-order valence-electron chi connectivity index (χ3n) is 4.27. The van der Waals surface area contributed by atoms with Crippen LogP contribution in [0.15, 0.2) is 70.6 Å². The van der Waals surface area contributed by atoms with Crippen molar-refractivity contribution in [2.75, 3.05) is 17.7 Å². The fraction of sp³-hybridized carbons (Fsp3) is 0.190. The largest absolute Gasteiger partial charge is 0.315 e. The van der Waals surface area contributed by atoms with Gasteiger partial charge in [0.25, 0.3) is 5.56 Å². The Morgan fingerprint density at radius 1 is 1.07 bits per heavy atom. The Morgan fingerprint density at radius 3 is 2.33 bits per heavy atom. The molecule has 3 rings (SSSR count). The molecule has 0 spiro atoms. The van der Waals surface area contributed by atoms with Crippen LogP contribution in [0.4, 0.5) is 5.69 Å². The molecule has 0 bridgehead atoms. The second kappa shape index (κ2) is 8.68. The van der Waals surface area contributed by atoms with Crippen LogP contribution in [0.1, 0.15) is 16.8 Å². The van der Waals surface area contributed by atoms with Crippen LogP contribution in [0.3, 0.4) is 0 Å². The highest BCUT2D eigenvalue weighted by Gasteiger charge is 2.14. The number of H-pyrrole nitrogens is 1. The monoisotopic (exact) mass is 379 g/mol. The van der Waals surface area contributed by atoms with E-state index in [2.05, 4.69) is 9.97 Å². The topological polar surface area (TPSA) is 66.1 Å². The number of hydrogen-bond donors (Lipinski definition) is 1. The van der Waals surface area contributed by atoms with E-state index < -0.39 is 0 Å². The summed E-state index contributed by atoms with van der Waals surface area (Å²) in [5.74, 6) is 0.145. The number of carbonyl (C=O) groups is 1. The van der Waals surface area contributed by atoms with Crippen molar-refractivity contribution in [3.8, 4) is 0 Å². The van der Waals surface area contributed by atoms with Crippen LogP contribution in [-0.4, -0.2) is 28.7 Å². The fourth-order valence-corrected chi connectivity index (χ4v) is 3.50. The van der Waals surface area contributed by atoms with Gasteiger partial charge in [-0.15, -0.1) is 0 Å². The number of aryl methyl sites for hydroxylation is 1. The minimum atomic E-state index is -0.155. The lowest BCUT2D eigenvalue weighted by Gasteiger charge is -2.16. The number of nitrogens with one attached hydrogen (secondary N) is 1. The van der Waals surface area contributed by atoms with Crippen LogP contribution < -0.4 is 10.5 Å². The molecule has 0 fully saturated rings. The molecule has 0 saturated carbocycles. The predicted molar refractivity (Wildman–Crippen MR) is 109 cm³/mol. The minimum absolute atomic E-state index is 0.0557. The number of amides is 1. The third kappa shape index (κ3) is 4.86. The summed E-state index contributed by atoms with van der Waals surface area (Å²) < 4.78 is 0. The number of benzene rings is 2. The van der Waals surface area contributed by atoms with E-state index >= 15 is 0 Å². The number of para-hydroxylation sites is 1. The second-order valence-electron chi connectivity index (χ2n) is 6.17. The van der Waals surface area contributed by atoms with Gasteiger partial charge in [-0.05, 0) is 24.6 Å². The lowest BCUT2D eigenvalue weighted by atomic mass is 10.1. The van der Waals surface area contributed by atoms with Crippen LogP contribution in [0.25, 0.3) is 0 Å². The Balaban J connectivity index is 1.68. The van der Waals surface area contributed by atoms with Gasteiger partial charge in [-0.2, -0.15) is 0 Å². The SMILES string of the molecule is Cc1nc(SCC(=O)N(C)c2ccccc2)[nH]c(=O)c1Cc1ccccc1. The molecule has 6 heteroatoms. The van der Waals surface area contributed by atoms with E-state index in [9.17, 15) is 9.59 Å². The van der Waals surface area contributed by atoms with Gasteiger partial charge >= 0.3 is 0 Å². The maximum Gasteiger partial charge on any atom is 0.255 e. The molecule has 2 aromatic carbocycles. The van der Waals surface area contributed by atoms with Gasteiger partial charge in [-0.25, -0.2) is 4.98 Å². The molecular weight excluding hydrogens is 358 g/mol. The normalized spacial score (nSPS) is 10.6. The Hall–Kier alpha value is -2.86. The first kappa shape index (κ1) is 18.9. The molecule has 0 atom stereocenters. The van der Waals surface area contributed by atoms with Crippen LogP contribution in [0, 0.1) is 6.92 Å². The van der Waals surface area contributed by atoms with E-state index in [1.165, 1.54) is 11.8 Å². The maximum atomic E-state index is 12.5. The van der Waals surface area contributed by atoms with Gasteiger partial charge in [0.15, 0.2) is 5.16 Å².